The Morgan fingerprint density at radius 1 is 1.38 bits per heavy atom. The Morgan fingerprint density at radius 3 is 2.79 bits per heavy atom. The Bertz CT molecular complexity index is 649. The van der Waals surface area contributed by atoms with Crippen LogP contribution in [0.4, 0.5) is 0 Å². The molecule has 7 nitrogen and oxygen atoms in total. The van der Waals surface area contributed by atoms with E-state index in [-0.39, 0.29) is 11.9 Å². The lowest BCUT2D eigenvalue weighted by molar-refractivity contribution is -0.133. The molecule has 24 heavy (non-hydrogen) atoms. The molecule has 0 spiro atoms. The van der Waals surface area contributed by atoms with Gasteiger partial charge in [0.2, 0.25) is 11.8 Å². The first-order valence-electron chi connectivity index (χ1n) is 8.38. The van der Waals surface area contributed by atoms with Gasteiger partial charge in [0.05, 0.1) is 17.2 Å². The van der Waals surface area contributed by atoms with Gasteiger partial charge in [-0.25, -0.2) is 4.98 Å². The minimum absolute atomic E-state index is 0.0880. The maximum absolute atomic E-state index is 12.3. The second-order valence-corrected chi connectivity index (χ2v) is 6.69. The van der Waals surface area contributed by atoms with Gasteiger partial charge in [0, 0.05) is 44.4 Å². The number of piperazine rings is 1. The Labute approximate surface area is 145 Å². The van der Waals surface area contributed by atoms with Gasteiger partial charge in [-0.15, -0.1) is 11.3 Å². The van der Waals surface area contributed by atoms with Crippen molar-refractivity contribution in [3.8, 4) is 0 Å². The standard InChI is InChI=1S/C16H23N5O2S/c1-3-14-18-16(23-19-14)12(2)20-6-8-21(9-7-20)15(22)5-4-13-10-24-11-17-13/h10-12H,3-9H2,1-2H3/t12-/m0/s1. The molecule has 0 aliphatic carbocycles. The number of aromatic nitrogens is 3. The SMILES string of the molecule is CCc1noc([C@H](C)N2CCN(C(=O)CCc3cscn3)CC2)n1. The zero-order valence-corrected chi connectivity index (χ0v) is 15.0. The number of nitrogens with zero attached hydrogens (tertiary/aromatic N) is 5. The van der Waals surface area contributed by atoms with Crippen molar-refractivity contribution in [2.24, 2.45) is 0 Å². The number of aryl methyl sites for hydroxylation is 2. The molecule has 1 saturated heterocycles. The normalized spacial score (nSPS) is 17.2. The maximum Gasteiger partial charge on any atom is 0.243 e. The molecule has 0 radical (unpaired) electrons. The predicted octanol–water partition coefficient (Wildman–Crippen LogP) is 1.93. The van der Waals surface area contributed by atoms with Crippen molar-refractivity contribution >= 4 is 17.2 Å². The summed E-state index contributed by atoms with van der Waals surface area (Å²) in [5.41, 5.74) is 2.81. The number of carbonyl (C=O) groups is 1. The van der Waals surface area contributed by atoms with Crippen LogP contribution in [0.2, 0.25) is 0 Å². The molecule has 2 aromatic rings. The minimum atomic E-state index is 0.0880. The first-order chi connectivity index (χ1) is 11.7. The molecule has 3 rings (SSSR count). The predicted molar refractivity (Wildman–Crippen MR) is 90.7 cm³/mol. The number of amides is 1. The van der Waals surface area contributed by atoms with Gasteiger partial charge in [-0.1, -0.05) is 12.1 Å². The molecule has 0 bridgehead atoms. The summed E-state index contributed by atoms with van der Waals surface area (Å²) in [6.07, 6.45) is 2.03. The van der Waals surface area contributed by atoms with Crippen LogP contribution < -0.4 is 0 Å². The van der Waals surface area contributed by atoms with E-state index in [0.717, 1.165) is 50.5 Å². The second-order valence-electron chi connectivity index (χ2n) is 5.97. The van der Waals surface area contributed by atoms with Gasteiger partial charge in [0.15, 0.2) is 5.82 Å². The zero-order chi connectivity index (χ0) is 16.9. The highest BCUT2D eigenvalue weighted by molar-refractivity contribution is 7.07. The second kappa shape index (κ2) is 7.85. The summed E-state index contributed by atoms with van der Waals surface area (Å²) in [6, 6.07) is 0.0880. The maximum atomic E-state index is 12.3. The molecule has 0 unspecified atom stereocenters. The van der Waals surface area contributed by atoms with Gasteiger partial charge < -0.3 is 9.42 Å². The van der Waals surface area contributed by atoms with Gasteiger partial charge in [-0.05, 0) is 13.3 Å². The monoisotopic (exact) mass is 349 g/mol. The molecule has 2 aromatic heterocycles. The summed E-state index contributed by atoms with van der Waals surface area (Å²) in [4.78, 5) is 25.2. The fraction of sp³-hybridized carbons (Fsp3) is 0.625. The summed E-state index contributed by atoms with van der Waals surface area (Å²) in [6.45, 7) is 7.23. The van der Waals surface area contributed by atoms with E-state index in [4.69, 9.17) is 4.52 Å². The molecule has 1 aliphatic heterocycles. The van der Waals surface area contributed by atoms with Gasteiger partial charge >= 0.3 is 0 Å². The van der Waals surface area contributed by atoms with Gasteiger partial charge in [-0.2, -0.15) is 4.98 Å². The molecule has 1 fully saturated rings. The van der Waals surface area contributed by atoms with Crippen molar-refractivity contribution in [2.45, 2.75) is 39.2 Å². The average molecular weight is 349 g/mol. The number of hydrogen-bond donors (Lipinski definition) is 0. The Balaban J connectivity index is 1.47. The van der Waals surface area contributed by atoms with E-state index in [1.807, 2.05) is 17.2 Å². The molecule has 3 heterocycles. The third-order valence-corrected chi connectivity index (χ3v) is 5.09. The Kier molecular flexibility index (Phi) is 5.57. The number of thiazole rings is 1. The molecule has 130 valence electrons. The number of carbonyl (C=O) groups excluding carboxylic acids is 1. The molecule has 0 N–H and O–H groups in total. The first kappa shape index (κ1) is 17.0. The first-order valence-corrected chi connectivity index (χ1v) is 9.33. The van der Waals surface area contributed by atoms with Crippen LogP contribution in [0.5, 0.6) is 0 Å². The van der Waals surface area contributed by atoms with E-state index in [9.17, 15) is 4.79 Å². The summed E-state index contributed by atoms with van der Waals surface area (Å²) >= 11 is 1.57. The van der Waals surface area contributed by atoms with Crippen LogP contribution in [-0.2, 0) is 17.6 Å². The van der Waals surface area contributed by atoms with Crippen LogP contribution in [0.15, 0.2) is 15.4 Å². The van der Waals surface area contributed by atoms with Crippen molar-refractivity contribution in [2.75, 3.05) is 26.2 Å². The highest BCUT2D eigenvalue weighted by Crippen LogP contribution is 2.20. The lowest BCUT2D eigenvalue weighted by atomic mass is 10.2. The van der Waals surface area contributed by atoms with E-state index in [1.165, 1.54) is 0 Å². The highest BCUT2D eigenvalue weighted by Gasteiger charge is 2.27. The van der Waals surface area contributed by atoms with Crippen molar-refractivity contribution in [3.05, 3.63) is 28.3 Å². The van der Waals surface area contributed by atoms with Crippen LogP contribution >= 0.6 is 11.3 Å². The molecule has 8 heteroatoms. The summed E-state index contributed by atoms with van der Waals surface area (Å²) < 4.78 is 5.34. The van der Waals surface area contributed by atoms with Crippen molar-refractivity contribution in [3.63, 3.8) is 0 Å². The lowest BCUT2D eigenvalue weighted by Gasteiger charge is -2.36. The van der Waals surface area contributed by atoms with Crippen LogP contribution in [0.25, 0.3) is 0 Å². The third-order valence-electron chi connectivity index (χ3n) is 4.45. The van der Waals surface area contributed by atoms with E-state index >= 15 is 0 Å². The molecular formula is C16H23N5O2S. The van der Waals surface area contributed by atoms with Crippen molar-refractivity contribution in [1.82, 2.24) is 24.9 Å². The Hall–Kier alpha value is -1.80. The minimum Gasteiger partial charge on any atom is -0.340 e. The molecule has 0 saturated carbocycles. The van der Waals surface area contributed by atoms with Crippen molar-refractivity contribution in [1.29, 1.82) is 0 Å². The van der Waals surface area contributed by atoms with Crippen LogP contribution in [-0.4, -0.2) is 57.0 Å². The molecular weight excluding hydrogens is 326 g/mol. The van der Waals surface area contributed by atoms with Gasteiger partial charge in [0.1, 0.15) is 0 Å². The summed E-state index contributed by atoms with van der Waals surface area (Å²) in [5, 5.41) is 5.96. The molecule has 0 aromatic carbocycles. The van der Waals surface area contributed by atoms with Gasteiger partial charge in [-0.3, -0.25) is 9.69 Å². The lowest BCUT2D eigenvalue weighted by Crippen LogP contribution is -2.49. The highest BCUT2D eigenvalue weighted by atomic mass is 32.1. The average Bonchev–Trinajstić information content (AvgIpc) is 3.30. The van der Waals surface area contributed by atoms with Crippen LogP contribution in [0.3, 0.4) is 0 Å². The van der Waals surface area contributed by atoms with E-state index in [1.54, 1.807) is 16.8 Å². The van der Waals surface area contributed by atoms with E-state index < -0.39 is 0 Å². The van der Waals surface area contributed by atoms with Crippen molar-refractivity contribution < 1.29 is 9.32 Å². The zero-order valence-electron chi connectivity index (χ0n) is 14.1. The molecule has 1 atom stereocenters. The topological polar surface area (TPSA) is 75.4 Å². The Morgan fingerprint density at radius 2 is 2.17 bits per heavy atom. The van der Waals surface area contributed by atoms with E-state index in [2.05, 4.69) is 26.9 Å². The molecule has 1 aliphatic rings. The van der Waals surface area contributed by atoms with Gasteiger partial charge in [0.25, 0.3) is 0 Å². The number of rotatable bonds is 6. The van der Waals surface area contributed by atoms with Crippen LogP contribution in [0.1, 0.15) is 43.7 Å². The third kappa shape index (κ3) is 3.99. The smallest absolute Gasteiger partial charge is 0.243 e. The fourth-order valence-corrected chi connectivity index (χ4v) is 3.44. The molecule has 1 amide bonds. The summed E-state index contributed by atoms with van der Waals surface area (Å²) in [7, 11) is 0. The van der Waals surface area contributed by atoms with Crippen LogP contribution in [0, 0.1) is 0 Å². The largest absolute Gasteiger partial charge is 0.340 e. The number of hydrogen-bond acceptors (Lipinski definition) is 7. The van der Waals surface area contributed by atoms with E-state index in [0.29, 0.717) is 12.3 Å². The summed E-state index contributed by atoms with van der Waals surface area (Å²) in [5.74, 6) is 1.62. The quantitative estimate of drug-likeness (QED) is 0.793. The fourth-order valence-electron chi connectivity index (χ4n) is 2.85.